The van der Waals surface area contributed by atoms with Gasteiger partial charge in [0.2, 0.25) is 0 Å². The maximum absolute atomic E-state index is 11.3. The van der Waals surface area contributed by atoms with Gasteiger partial charge in [-0.15, -0.1) is 0 Å². The fourth-order valence-corrected chi connectivity index (χ4v) is 0.776. The molecule has 0 radical (unpaired) electrons. The minimum Gasteiger partial charge on any atom is -0.493 e. The minimum absolute atomic E-state index is 0.186. The number of nitrogens with zero attached hydrogens (tertiary/aromatic N) is 1. The topological polar surface area (TPSA) is 47.9 Å². The monoisotopic (exact) mass is 183 g/mol. The van der Waals surface area contributed by atoms with Crippen LogP contribution < -0.4 is 0 Å². The van der Waals surface area contributed by atoms with Gasteiger partial charge in [-0.1, -0.05) is 0 Å². The SMILES string of the molecule is CC(C)(C)OC(=O)C1=NC=COC1. The number of hydrogen-bond acceptors (Lipinski definition) is 4. The zero-order valence-electron chi connectivity index (χ0n) is 8.03. The second kappa shape index (κ2) is 3.60. The average Bonchev–Trinajstić information content (AvgIpc) is 2.03. The van der Waals surface area contributed by atoms with Crippen molar-refractivity contribution in [3.8, 4) is 0 Å². The smallest absolute Gasteiger partial charge is 0.356 e. The Morgan fingerprint density at radius 3 is 2.77 bits per heavy atom. The van der Waals surface area contributed by atoms with Gasteiger partial charge < -0.3 is 9.47 Å². The Bertz CT molecular complexity index is 261. The van der Waals surface area contributed by atoms with Crippen LogP contribution in [0.4, 0.5) is 0 Å². The molecule has 0 fully saturated rings. The Hall–Kier alpha value is -1.32. The van der Waals surface area contributed by atoms with Gasteiger partial charge in [-0.05, 0) is 20.8 Å². The van der Waals surface area contributed by atoms with Crippen molar-refractivity contribution in [3.63, 3.8) is 0 Å². The first-order valence-corrected chi connectivity index (χ1v) is 4.06. The number of ether oxygens (including phenoxy) is 2. The molecule has 0 amide bonds. The van der Waals surface area contributed by atoms with Gasteiger partial charge >= 0.3 is 5.97 Å². The van der Waals surface area contributed by atoms with Gasteiger partial charge in [0.15, 0.2) is 5.71 Å². The van der Waals surface area contributed by atoms with Crippen LogP contribution in [-0.4, -0.2) is 23.9 Å². The summed E-state index contributed by atoms with van der Waals surface area (Å²) in [6.45, 7) is 5.62. The van der Waals surface area contributed by atoms with E-state index in [0.29, 0.717) is 5.71 Å². The largest absolute Gasteiger partial charge is 0.493 e. The van der Waals surface area contributed by atoms with Gasteiger partial charge in [-0.25, -0.2) is 9.79 Å². The normalized spacial score (nSPS) is 16.1. The van der Waals surface area contributed by atoms with Gasteiger partial charge in [0.25, 0.3) is 0 Å². The van der Waals surface area contributed by atoms with Crippen molar-refractivity contribution >= 4 is 11.7 Å². The zero-order valence-corrected chi connectivity index (χ0v) is 8.03. The molecule has 0 saturated heterocycles. The summed E-state index contributed by atoms with van der Waals surface area (Å²) in [5.74, 6) is -0.420. The van der Waals surface area contributed by atoms with E-state index in [0.717, 1.165) is 0 Å². The molecular weight excluding hydrogens is 170 g/mol. The van der Waals surface area contributed by atoms with Gasteiger partial charge in [0.05, 0.1) is 6.20 Å². The van der Waals surface area contributed by atoms with Crippen LogP contribution in [0.2, 0.25) is 0 Å². The Morgan fingerprint density at radius 1 is 1.62 bits per heavy atom. The first kappa shape index (κ1) is 9.77. The highest BCUT2D eigenvalue weighted by Crippen LogP contribution is 2.08. The quantitative estimate of drug-likeness (QED) is 0.575. The lowest BCUT2D eigenvalue weighted by Crippen LogP contribution is -2.31. The highest BCUT2D eigenvalue weighted by atomic mass is 16.6. The van der Waals surface area contributed by atoms with Crippen LogP contribution in [0.5, 0.6) is 0 Å². The molecule has 0 saturated carbocycles. The fourth-order valence-electron chi connectivity index (χ4n) is 0.776. The summed E-state index contributed by atoms with van der Waals surface area (Å²) in [5.41, 5.74) is -0.182. The number of carbonyl (C=O) groups excluding carboxylic acids is 1. The highest BCUT2D eigenvalue weighted by Gasteiger charge is 2.21. The van der Waals surface area contributed by atoms with Crippen LogP contribution in [0.3, 0.4) is 0 Å². The van der Waals surface area contributed by atoms with Crippen LogP contribution in [0.15, 0.2) is 17.5 Å². The lowest BCUT2D eigenvalue weighted by atomic mass is 10.2. The maximum atomic E-state index is 11.3. The zero-order chi connectivity index (χ0) is 9.90. The predicted octanol–water partition coefficient (Wildman–Crippen LogP) is 1.27. The highest BCUT2D eigenvalue weighted by molar-refractivity contribution is 6.37. The van der Waals surface area contributed by atoms with Crippen molar-refractivity contribution in [1.29, 1.82) is 0 Å². The molecule has 4 nitrogen and oxygen atoms in total. The average molecular weight is 183 g/mol. The van der Waals surface area contributed by atoms with E-state index in [4.69, 9.17) is 9.47 Å². The molecule has 72 valence electrons. The molecular formula is C9H13NO3. The van der Waals surface area contributed by atoms with Gasteiger partial charge in [-0.3, -0.25) is 0 Å². The van der Waals surface area contributed by atoms with E-state index in [1.165, 1.54) is 12.5 Å². The Kier molecular flexibility index (Phi) is 2.70. The number of aliphatic imine (C=N–C) groups is 1. The number of carbonyl (C=O) groups is 1. The molecule has 1 heterocycles. The summed E-state index contributed by atoms with van der Waals surface area (Å²) in [6, 6.07) is 0. The predicted molar refractivity (Wildman–Crippen MR) is 48.4 cm³/mol. The third-order valence-electron chi connectivity index (χ3n) is 1.24. The third kappa shape index (κ3) is 3.27. The van der Waals surface area contributed by atoms with Crippen LogP contribution in [0.25, 0.3) is 0 Å². The summed E-state index contributed by atoms with van der Waals surface area (Å²) < 4.78 is 10.00. The number of rotatable bonds is 1. The number of esters is 1. The van der Waals surface area contributed by atoms with Crippen LogP contribution in [0.1, 0.15) is 20.8 Å². The van der Waals surface area contributed by atoms with Crippen LogP contribution >= 0.6 is 0 Å². The van der Waals surface area contributed by atoms with Crippen molar-refractivity contribution in [3.05, 3.63) is 12.5 Å². The lowest BCUT2D eigenvalue weighted by Gasteiger charge is -2.20. The Labute approximate surface area is 77.2 Å². The molecule has 1 aliphatic heterocycles. The van der Waals surface area contributed by atoms with Gasteiger partial charge in [0, 0.05) is 0 Å². The van der Waals surface area contributed by atoms with E-state index in [2.05, 4.69) is 4.99 Å². The summed E-state index contributed by atoms with van der Waals surface area (Å²) in [5, 5.41) is 0. The lowest BCUT2D eigenvalue weighted by molar-refractivity contribution is -0.146. The molecule has 0 aromatic carbocycles. The summed E-state index contributed by atoms with van der Waals surface area (Å²) in [6.07, 6.45) is 2.87. The maximum Gasteiger partial charge on any atom is 0.356 e. The Balaban J connectivity index is 2.58. The molecule has 13 heavy (non-hydrogen) atoms. The summed E-state index contributed by atoms with van der Waals surface area (Å²) >= 11 is 0. The van der Waals surface area contributed by atoms with Crippen molar-refractivity contribution in [2.24, 2.45) is 4.99 Å². The van der Waals surface area contributed by atoms with E-state index in [1.54, 1.807) is 0 Å². The molecule has 0 aliphatic carbocycles. The standard InChI is InChI=1S/C9H13NO3/c1-9(2,3)13-8(11)7-6-12-5-4-10-7/h4-5H,6H2,1-3H3. The molecule has 0 atom stereocenters. The van der Waals surface area contributed by atoms with E-state index < -0.39 is 11.6 Å². The molecule has 0 spiro atoms. The summed E-state index contributed by atoms with van der Waals surface area (Å²) in [4.78, 5) is 15.2. The van der Waals surface area contributed by atoms with Gasteiger partial charge in [0.1, 0.15) is 18.5 Å². The van der Waals surface area contributed by atoms with E-state index in [-0.39, 0.29) is 6.61 Å². The van der Waals surface area contributed by atoms with Crippen molar-refractivity contribution in [2.75, 3.05) is 6.61 Å². The van der Waals surface area contributed by atoms with E-state index in [9.17, 15) is 4.79 Å². The summed E-state index contributed by atoms with van der Waals surface area (Å²) in [7, 11) is 0. The molecule has 0 unspecified atom stereocenters. The minimum atomic E-state index is -0.485. The first-order valence-electron chi connectivity index (χ1n) is 4.06. The van der Waals surface area contributed by atoms with Crippen molar-refractivity contribution in [2.45, 2.75) is 26.4 Å². The van der Waals surface area contributed by atoms with Crippen LogP contribution in [0, 0.1) is 0 Å². The van der Waals surface area contributed by atoms with Gasteiger partial charge in [-0.2, -0.15) is 0 Å². The van der Waals surface area contributed by atoms with Crippen LogP contribution in [-0.2, 0) is 14.3 Å². The Morgan fingerprint density at radius 2 is 2.31 bits per heavy atom. The molecule has 1 aliphatic rings. The molecule has 0 aromatic rings. The molecule has 4 heteroatoms. The third-order valence-corrected chi connectivity index (χ3v) is 1.24. The van der Waals surface area contributed by atoms with Crippen molar-refractivity contribution in [1.82, 2.24) is 0 Å². The van der Waals surface area contributed by atoms with E-state index in [1.807, 2.05) is 20.8 Å². The second-order valence-electron chi connectivity index (χ2n) is 3.67. The van der Waals surface area contributed by atoms with Crippen molar-refractivity contribution < 1.29 is 14.3 Å². The molecule has 1 rings (SSSR count). The molecule has 0 aromatic heterocycles. The molecule has 0 N–H and O–H groups in total. The van der Waals surface area contributed by atoms with E-state index >= 15 is 0 Å². The first-order chi connectivity index (χ1) is 5.99. The molecule has 0 bridgehead atoms. The second-order valence-corrected chi connectivity index (χ2v) is 3.67. The fraction of sp³-hybridized carbons (Fsp3) is 0.556. The number of hydrogen-bond donors (Lipinski definition) is 0.